The van der Waals surface area contributed by atoms with Crippen molar-refractivity contribution in [1.82, 2.24) is 0 Å². The number of nitrogens with zero attached hydrogens (tertiary/aromatic N) is 1. The molecule has 0 aromatic heterocycles. The van der Waals surface area contributed by atoms with Gasteiger partial charge in [0.15, 0.2) is 11.5 Å². The van der Waals surface area contributed by atoms with Gasteiger partial charge in [-0.2, -0.15) is 0 Å². The van der Waals surface area contributed by atoms with E-state index in [0.29, 0.717) is 28.5 Å². The molecule has 0 saturated carbocycles. The van der Waals surface area contributed by atoms with E-state index >= 15 is 0 Å². The highest BCUT2D eigenvalue weighted by molar-refractivity contribution is 6.24. The first kappa shape index (κ1) is 22.1. The summed E-state index contributed by atoms with van der Waals surface area (Å²) in [6.07, 6.45) is 1.98. The molecule has 190 valence electrons. The zero-order valence-electron chi connectivity index (χ0n) is 20.6. The lowest BCUT2D eigenvalue weighted by molar-refractivity contribution is -0.142. The van der Waals surface area contributed by atoms with E-state index < -0.39 is 35.5 Å². The summed E-state index contributed by atoms with van der Waals surface area (Å²) in [4.78, 5) is 43.0. The van der Waals surface area contributed by atoms with Gasteiger partial charge in [0.1, 0.15) is 5.75 Å². The van der Waals surface area contributed by atoms with Crippen molar-refractivity contribution in [3.05, 3.63) is 102 Å². The van der Waals surface area contributed by atoms with E-state index in [4.69, 9.17) is 14.2 Å². The van der Waals surface area contributed by atoms with Crippen molar-refractivity contribution in [2.75, 3.05) is 11.7 Å². The zero-order valence-corrected chi connectivity index (χ0v) is 20.6. The maximum absolute atomic E-state index is 14.1. The van der Waals surface area contributed by atoms with Gasteiger partial charge in [-0.25, -0.2) is 4.90 Å². The van der Waals surface area contributed by atoms with Crippen LogP contribution in [-0.2, 0) is 14.4 Å². The van der Waals surface area contributed by atoms with Gasteiger partial charge in [0.25, 0.3) is 0 Å². The molecule has 3 aliphatic heterocycles. The first-order valence-electron chi connectivity index (χ1n) is 12.9. The van der Waals surface area contributed by atoms with Crippen LogP contribution in [0.1, 0.15) is 17.0 Å². The lowest BCUT2D eigenvalue weighted by Crippen LogP contribution is -2.42. The number of benzene rings is 4. The molecule has 1 aliphatic carbocycles. The predicted molar refractivity (Wildman–Crippen MR) is 142 cm³/mol. The monoisotopic (exact) mass is 515 g/mol. The molecule has 1 fully saturated rings. The Hall–Kier alpha value is -4.91. The Morgan fingerprint density at radius 3 is 2.38 bits per heavy atom. The fourth-order valence-corrected chi connectivity index (χ4v) is 6.57. The van der Waals surface area contributed by atoms with Crippen molar-refractivity contribution >= 4 is 39.8 Å². The third kappa shape index (κ3) is 3.07. The number of para-hydroxylation sites is 1. The zero-order chi connectivity index (χ0) is 26.2. The quantitative estimate of drug-likeness (QED) is 0.210. The molecule has 7 nitrogen and oxygen atoms in total. The molecule has 8 rings (SSSR count). The van der Waals surface area contributed by atoms with Crippen LogP contribution < -0.4 is 19.1 Å². The number of anilines is 1. The summed E-state index contributed by atoms with van der Waals surface area (Å²) >= 11 is 0. The first-order chi connectivity index (χ1) is 19.1. The lowest BCUT2D eigenvalue weighted by Gasteiger charge is -2.38. The summed E-state index contributed by atoms with van der Waals surface area (Å²) in [5.41, 5.74) is 2.79. The number of esters is 1. The second kappa shape index (κ2) is 8.04. The molecular formula is C32H21NO6. The molecule has 0 N–H and O–H groups in total. The smallest absolute Gasteiger partial charge is 0.319 e. The molecule has 7 heteroatoms. The van der Waals surface area contributed by atoms with Crippen molar-refractivity contribution in [2.45, 2.75) is 5.92 Å². The second-order valence-corrected chi connectivity index (χ2v) is 10.2. The number of amides is 2. The number of hydrogen-bond donors (Lipinski definition) is 0. The topological polar surface area (TPSA) is 82.1 Å². The fourth-order valence-electron chi connectivity index (χ4n) is 6.57. The van der Waals surface area contributed by atoms with Gasteiger partial charge in [0, 0.05) is 16.9 Å². The molecule has 2 amide bonds. The number of hydrogen-bond acceptors (Lipinski definition) is 6. The number of fused-ring (bicyclic) bond motifs is 8. The maximum atomic E-state index is 14.1. The van der Waals surface area contributed by atoms with Crippen LogP contribution in [0, 0.1) is 17.8 Å². The predicted octanol–water partition coefficient (Wildman–Crippen LogP) is 5.09. The van der Waals surface area contributed by atoms with Gasteiger partial charge >= 0.3 is 5.97 Å². The van der Waals surface area contributed by atoms with Gasteiger partial charge in [-0.3, -0.25) is 14.4 Å². The normalized spacial score (nSPS) is 24.7. The molecule has 0 radical (unpaired) electrons. The number of imide groups is 1. The average Bonchev–Trinajstić information content (AvgIpc) is 3.54. The van der Waals surface area contributed by atoms with Gasteiger partial charge < -0.3 is 14.2 Å². The molecule has 4 aliphatic rings. The molecule has 0 unspecified atom stereocenters. The van der Waals surface area contributed by atoms with Gasteiger partial charge in [-0.1, -0.05) is 66.7 Å². The standard InChI is InChI=1S/C32H21NO6/c34-30-26-22(18-11-13-24-25(14-18)38-16-37-24)15-23-21-12-10-17-6-4-5-9-20(17)29(21)39-32(36)27(23)28(26)31(35)33(30)19-7-2-1-3-8-19/h1-15,22,26-28H,16H2/t22-,26+,27-,28-/m1/s1. The Kier molecular flexibility index (Phi) is 4.56. The summed E-state index contributed by atoms with van der Waals surface area (Å²) in [7, 11) is 0. The summed E-state index contributed by atoms with van der Waals surface area (Å²) in [6.45, 7) is 0.129. The number of ether oxygens (including phenoxy) is 3. The highest BCUT2D eigenvalue weighted by Crippen LogP contribution is 2.56. The van der Waals surface area contributed by atoms with Crippen molar-refractivity contribution in [3.8, 4) is 17.2 Å². The van der Waals surface area contributed by atoms with Crippen LogP contribution in [0.25, 0.3) is 16.3 Å². The van der Waals surface area contributed by atoms with Crippen LogP contribution in [0.15, 0.2) is 91.0 Å². The Morgan fingerprint density at radius 1 is 0.744 bits per heavy atom. The Bertz CT molecular complexity index is 1760. The van der Waals surface area contributed by atoms with Crippen LogP contribution in [-0.4, -0.2) is 24.6 Å². The molecule has 1 saturated heterocycles. The average molecular weight is 516 g/mol. The molecule has 3 heterocycles. The highest BCUT2D eigenvalue weighted by atomic mass is 16.7. The summed E-state index contributed by atoms with van der Waals surface area (Å²) < 4.78 is 17.1. The maximum Gasteiger partial charge on any atom is 0.319 e. The highest BCUT2D eigenvalue weighted by Gasteiger charge is 2.60. The molecular weight excluding hydrogens is 494 g/mol. The minimum Gasteiger partial charge on any atom is -0.454 e. The van der Waals surface area contributed by atoms with E-state index in [9.17, 15) is 14.4 Å². The third-order valence-corrected chi connectivity index (χ3v) is 8.28. The van der Waals surface area contributed by atoms with Crippen molar-refractivity contribution in [3.63, 3.8) is 0 Å². The van der Waals surface area contributed by atoms with E-state index in [1.165, 1.54) is 4.90 Å². The summed E-state index contributed by atoms with van der Waals surface area (Å²) in [5.74, 6) is -2.55. The molecule has 0 bridgehead atoms. The second-order valence-electron chi connectivity index (χ2n) is 10.2. The summed E-state index contributed by atoms with van der Waals surface area (Å²) in [6, 6.07) is 26.1. The van der Waals surface area contributed by atoms with Gasteiger partial charge in [-0.05, 0) is 40.8 Å². The third-order valence-electron chi connectivity index (χ3n) is 8.28. The van der Waals surface area contributed by atoms with Crippen LogP contribution >= 0.6 is 0 Å². The molecule has 4 aromatic rings. The van der Waals surface area contributed by atoms with E-state index in [1.54, 1.807) is 24.3 Å². The largest absolute Gasteiger partial charge is 0.454 e. The Balaban J connectivity index is 1.35. The number of rotatable bonds is 2. The van der Waals surface area contributed by atoms with Crippen molar-refractivity contribution in [2.24, 2.45) is 17.8 Å². The molecule has 0 spiro atoms. The SMILES string of the molecule is O=C1Oc2c(ccc3ccccc23)C2=C[C@H](c3ccc4c(c3)OCO4)[C@@H]3C(=O)N(c4ccccc4)C(=O)[C@H]3[C@H]12. The van der Waals surface area contributed by atoms with Crippen LogP contribution in [0.4, 0.5) is 5.69 Å². The number of carbonyl (C=O) groups excluding carboxylic acids is 3. The fraction of sp³-hybridized carbons (Fsp3) is 0.156. The van der Waals surface area contributed by atoms with Gasteiger partial charge in [-0.15, -0.1) is 0 Å². The minimum atomic E-state index is -0.903. The van der Waals surface area contributed by atoms with Crippen LogP contribution in [0.3, 0.4) is 0 Å². The summed E-state index contributed by atoms with van der Waals surface area (Å²) in [5, 5.41) is 1.77. The number of carbonyl (C=O) groups is 3. The van der Waals surface area contributed by atoms with Crippen molar-refractivity contribution in [1.29, 1.82) is 0 Å². The Labute approximate surface area is 223 Å². The van der Waals surface area contributed by atoms with E-state index in [0.717, 1.165) is 21.9 Å². The van der Waals surface area contributed by atoms with Crippen molar-refractivity contribution < 1.29 is 28.6 Å². The first-order valence-corrected chi connectivity index (χ1v) is 12.9. The molecule has 39 heavy (non-hydrogen) atoms. The van der Waals surface area contributed by atoms with Crippen LogP contribution in [0.2, 0.25) is 0 Å². The number of allylic oxidation sites excluding steroid dienone is 1. The van der Waals surface area contributed by atoms with E-state index in [1.807, 2.05) is 66.7 Å². The van der Waals surface area contributed by atoms with Crippen LogP contribution in [0.5, 0.6) is 17.2 Å². The minimum absolute atomic E-state index is 0.129. The van der Waals surface area contributed by atoms with Gasteiger partial charge in [0.2, 0.25) is 18.6 Å². The lowest BCUT2D eigenvalue weighted by atomic mass is 9.64. The Morgan fingerprint density at radius 2 is 1.51 bits per heavy atom. The van der Waals surface area contributed by atoms with E-state index in [-0.39, 0.29) is 12.7 Å². The molecule has 4 atom stereocenters. The van der Waals surface area contributed by atoms with E-state index in [2.05, 4.69) is 0 Å². The van der Waals surface area contributed by atoms with Gasteiger partial charge in [0.05, 0.1) is 23.4 Å². The molecule has 4 aromatic carbocycles.